The van der Waals surface area contributed by atoms with Crippen LogP contribution in [-0.4, -0.2) is 34.4 Å². The first-order valence-electron chi connectivity index (χ1n) is 6.78. The normalized spacial score (nSPS) is 16.7. The van der Waals surface area contributed by atoms with Gasteiger partial charge >= 0.3 is 0 Å². The first-order valence-corrected chi connectivity index (χ1v) is 6.78. The second-order valence-electron chi connectivity index (χ2n) is 4.79. The summed E-state index contributed by atoms with van der Waals surface area (Å²) in [5.41, 5.74) is 0.583. The Balaban J connectivity index is 1.79. The Labute approximate surface area is 126 Å². The number of fused-ring (bicyclic) bond motifs is 1. The standard InChI is InChI=1S/C15H14N4O3/c1-10-15(21)19(11-4-2-3-5-12(11)22-10)9-14(20)18-13-8-16-6-7-17-13/h2-8,10H,9H2,1H3,(H,17,18,20). The molecule has 0 saturated carbocycles. The van der Waals surface area contributed by atoms with Gasteiger partial charge in [0, 0.05) is 12.4 Å². The first-order chi connectivity index (χ1) is 10.6. The third-order valence-electron chi connectivity index (χ3n) is 3.21. The van der Waals surface area contributed by atoms with E-state index in [1.54, 1.807) is 25.1 Å². The second kappa shape index (κ2) is 5.80. The molecule has 0 spiro atoms. The summed E-state index contributed by atoms with van der Waals surface area (Å²) >= 11 is 0. The molecule has 22 heavy (non-hydrogen) atoms. The third kappa shape index (κ3) is 2.73. The van der Waals surface area contributed by atoms with Crippen molar-refractivity contribution in [3.05, 3.63) is 42.9 Å². The third-order valence-corrected chi connectivity index (χ3v) is 3.21. The SMILES string of the molecule is CC1Oc2ccccc2N(CC(=O)Nc2cnccn2)C1=O. The molecule has 7 nitrogen and oxygen atoms in total. The zero-order valence-electron chi connectivity index (χ0n) is 11.9. The highest BCUT2D eigenvalue weighted by molar-refractivity contribution is 6.05. The van der Waals surface area contributed by atoms with Crippen LogP contribution in [0.1, 0.15) is 6.92 Å². The topological polar surface area (TPSA) is 84.4 Å². The van der Waals surface area contributed by atoms with E-state index < -0.39 is 6.10 Å². The molecule has 1 aliphatic heterocycles. The lowest BCUT2D eigenvalue weighted by Crippen LogP contribution is -2.47. The molecule has 1 aromatic heterocycles. The Kier molecular flexibility index (Phi) is 3.69. The summed E-state index contributed by atoms with van der Waals surface area (Å²) in [5.74, 6) is 0.321. The second-order valence-corrected chi connectivity index (χ2v) is 4.79. The van der Waals surface area contributed by atoms with Crippen molar-refractivity contribution in [1.29, 1.82) is 0 Å². The first kappa shape index (κ1) is 14.0. The van der Waals surface area contributed by atoms with Gasteiger partial charge in [-0.2, -0.15) is 0 Å². The van der Waals surface area contributed by atoms with Crippen LogP contribution in [0.3, 0.4) is 0 Å². The van der Waals surface area contributed by atoms with Crippen molar-refractivity contribution in [1.82, 2.24) is 9.97 Å². The number of aromatic nitrogens is 2. The van der Waals surface area contributed by atoms with Gasteiger partial charge in [0.05, 0.1) is 11.9 Å². The van der Waals surface area contributed by atoms with Gasteiger partial charge in [0.2, 0.25) is 5.91 Å². The van der Waals surface area contributed by atoms with Gasteiger partial charge in [0.1, 0.15) is 12.3 Å². The largest absolute Gasteiger partial charge is 0.479 e. The molecule has 1 aromatic carbocycles. The van der Waals surface area contributed by atoms with Crippen LogP contribution in [0.15, 0.2) is 42.9 Å². The van der Waals surface area contributed by atoms with Gasteiger partial charge < -0.3 is 10.1 Å². The van der Waals surface area contributed by atoms with E-state index >= 15 is 0 Å². The van der Waals surface area contributed by atoms with Crippen molar-refractivity contribution >= 4 is 23.3 Å². The van der Waals surface area contributed by atoms with E-state index in [2.05, 4.69) is 15.3 Å². The number of ether oxygens (including phenoxy) is 1. The van der Waals surface area contributed by atoms with Gasteiger partial charge in [-0.1, -0.05) is 12.1 Å². The number of amides is 2. The number of benzene rings is 1. The molecule has 2 amide bonds. The van der Waals surface area contributed by atoms with Crippen LogP contribution < -0.4 is 15.0 Å². The van der Waals surface area contributed by atoms with Crippen LogP contribution in [0.25, 0.3) is 0 Å². The highest BCUT2D eigenvalue weighted by atomic mass is 16.5. The molecule has 0 aliphatic carbocycles. The summed E-state index contributed by atoms with van der Waals surface area (Å²) in [6, 6.07) is 7.12. The highest BCUT2D eigenvalue weighted by Gasteiger charge is 2.32. The van der Waals surface area contributed by atoms with Crippen molar-refractivity contribution in [2.75, 3.05) is 16.8 Å². The average Bonchev–Trinajstić information content (AvgIpc) is 2.53. The fraction of sp³-hybridized carbons (Fsp3) is 0.200. The molecule has 0 saturated heterocycles. The molecule has 3 rings (SSSR count). The number of anilines is 2. The molecular formula is C15H14N4O3. The van der Waals surface area contributed by atoms with Crippen molar-refractivity contribution < 1.29 is 14.3 Å². The van der Waals surface area contributed by atoms with Crippen LogP contribution in [0.5, 0.6) is 5.75 Å². The van der Waals surface area contributed by atoms with Crippen LogP contribution >= 0.6 is 0 Å². The van der Waals surface area contributed by atoms with E-state index in [1.165, 1.54) is 23.5 Å². The number of hydrogen-bond acceptors (Lipinski definition) is 5. The molecule has 2 heterocycles. The lowest BCUT2D eigenvalue weighted by molar-refractivity contribution is -0.127. The molecule has 1 unspecified atom stereocenters. The summed E-state index contributed by atoms with van der Waals surface area (Å²) in [6.07, 6.45) is 3.81. The van der Waals surface area contributed by atoms with Crippen LogP contribution in [0, 0.1) is 0 Å². The lowest BCUT2D eigenvalue weighted by Gasteiger charge is -2.32. The van der Waals surface area contributed by atoms with Crippen molar-refractivity contribution in [2.24, 2.45) is 0 Å². The molecule has 0 bridgehead atoms. The van der Waals surface area contributed by atoms with Crippen LogP contribution in [0.2, 0.25) is 0 Å². The minimum absolute atomic E-state index is 0.111. The monoisotopic (exact) mass is 298 g/mol. The molecule has 0 fully saturated rings. The maximum absolute atomic E-state index is 12.3. The Hall–Kier alpha value is -2.96. The quantitative estimate of drug-likeness (QED) is 0.921. The smallest absolute Gasteiger partial charge is 0.268 e. The van der Waals surface area contributed by atoms with Gasteiger partial charge in [-0.05, 0) is 19.1 Å². The summed E-state index contributed by atoms with van der Waals surface area (Å²) < 4.78 is 5.53. The fourth-order valence-electron chi connectivity index (χ4n) is 2.21. The molecular weight excluding hydrogens is 284 g/mol. The molecule has 0 radical (unpaired) electrons. The number of nitrogens with one attached hydrogen (secondary N) is 1. The number of nitrogens with zero attached hydrogens (tertiary/aromatic N) is 3. The number of carbonyl (C=O) groups is 2. The fourth-order valence-corrected chi connectivity index (χ4v) is 2.21. The summed E-state index contributed by atoms with van der Waals surface area (Å²) in [5, 5.41) is 2.61. The molecule has 1 N–H and O–H groups in total. The zero-order valence-corrected chi connectivity index (χ0v) is 11.9. The minimum Gasteiger partial charge on any atom is -0.479 e. The van der Waals surface area contributed by atoms with E-state index in [9.17, 15) is 9.59 Å². The molecule has 2 aromatic rings. The van der Waals surface area contributed by atoms with Gasteiger partial charge in [-0.15, -0.1) is 0 Å². The van der Waals surface area contributed by atoms with Gasteiger partial charge in [0.25, 0.3) is 5.91 Å². The number of hydrogen-bond donors (Lipinski definition) is 1. The Morgan fingerprint density at radius 1 is 1.36 bits per heavy atom. The van der Waals surface area contributed by atoms with Crippen molar-refractivity contribution in [3.63, 3.8) is 0 Å². The predicted octanol–water partition coefficient (Wildman–Crippen LogP) is 1.23. The molecule has 7 heteroatoms. The van der Waals surface area contributed by atoms with E-state index in [0.717, 1.165) is 0 Å². The highest BCUT2D eigenvalue weighted by Crippen LogP contribution is 2.33. The van der Waals surface area contributed by atoms with Crippen LogP contribution in [-0.2, 0) is 9.59 Å². The number of carbonyl (C=O) groups excluding carboxylic acids is 2. The summed E-state index contributed by atoms with van der Waals surface area (Å²) in [4.78, 5) is 33.6. The number of para-hydroxylation sites is 2. The molecule has 1 atom stereocenters. The number of rotatable bonds is 3. The zero-order chi connectivity index (χ0) is 15.5. The van der Waals surface area contributed by atoms with Crippen LogP contribution in [0.4, 0.5) is 11.5 Å². The Morgan fingerprint density at radius 3 is 2.95 bits per heavy atom. The van der Waals surface area contributed by atoms with Gasteiger partial charge in [-0.3, -0.25) is 19.5 Å². The van der Waals surface area contributed by atoms with Crippen molar-refractivity contribution in [2.45, 2.75) is 13.0 Å². The summed E-state index contributed by atoms with van der Waals surface area (Å²) in [6.45, 7) is 1.55. The Morgan fingerprint density at radius 2 is 2.18 bits per heavy atom. The summed E-state index contributed by atoms with van der Waals surface area (Å²) in [7, 11) is 0. The van der Waals surface area contributed by atoms with Crippen molar-refractivity contribution in [3.8, 4) is 5.75 Å². The lowest BCUT2D eigenvalue weighted by atomic mass is 10.2. The maximum atomic E-state index is 12.3. The predicted molar refractivity (Wildman–Crippen MR) is 79.5 cm³/mol. The van der Waals surface area contributed by atoms with Gasteiger partial charge in [-0.25, -0.2) is 4.98 Å². The minimum atomic E-state index is -0.626. The van der Waals surface area contributed by atoms with E-state index in [4.69, 9.17) is 4.74 Å². The van der Waals surface area contributed by atoms with E-state index in [-0.39, 0.29) is 18.4 Å². The maximum Gasteiger partial charge on any atom is 0.268 e. The molecule has 1 aliphatic rings. The average molecular weight is 298 g/mol. The molecule has 112 valence electrons. The Bertz CT molecular complexity index is 705. The van der Waals surface area contributed by atoms with E-state index in [0.29, 0.717) is 17.3 Å². The van der Waals surface area contributed by atoms with E-state index in [1.807, 2.05) is 6.07 Å². The van der Waals surface area contributed by atoms with Gasteiger partial charge in [0.15, 0.2) is 11.9 Å².